The largest absolute Gasteiger partial charge is 0.497 e. The van der Waals surface area contributed by atoms with Crippen molar-refractivity contribution in [3.63, 3.8) is 0 Å². The number of ether oxygens (including phenoxy) is 1. The van der Waals surface area contributed by atoms with Crippen LogP contribution in [-0.4, -0.2) is 17.1 Å². The molecule has 0 bridgehead atoms. The molecule has 4 heteroatoms. The van der Waals surface area contributed by atoms with E-state index in [-0.39, 0.29) is 0 Å². The van der Waals surface area contributed by atoms with Gasteiger partial charge in [-0.2, -0.15) is 0 Å². The molecule has 1 heterocycles. The number of benzene rings is 2. The Morgan fingerprint density at radius 3 is 2.61 bits per heavy atom. The number of rotatable bonds is 4. The number of nitrogens with one attached hydrogen (secondary N) is 1. The van der Waals surface area contributed by atoms with Gasteiger partial charge in [-0.1, -0.05) is 24.3 Å². The lowest BCUT2D eigenvalue weighted by molar-refractivity contribution is 0.414. The lowest BCUT2D eigenvalue weighted by Crippen LogP contribution is -2.19. The van der Waals surface area contributed by atoms with Crippen molar-refractivity contribution < 1.29 is 4.74 Å². The Hall–Kier alpha value is -2.88. The van der Waals surface area contributed by atoms with Gasteiger partial charge >= 0.3 is 0 Å². The Balaban J connectivity index is 1.66. The quantitative estimate of drug-likeness (QED) is 0.650. The van der Waals surface area contributed by atoms with Gasteiger partial charge in [-0.15, -0.1) is 0 Å². The Bertz CT molecular complexity index is 1010. The van der Waals surface area contributed by atoms with Gasteiger partial charge < -0.3 is 10.1 Å². The van der Waals surface area contributed by atoms with Crippen molar-refractivity contribution in [3.05, 3.63) is 70.5 Å². The van der Waals surface area contributed by atoms with E-state index in [2.05, 4.69) is 42.6 Å². The summed E-state index contributed by atoms with van der Waals surface area (Å²) in [6, 6.07) is 15.1. The zero-order valence-electron chi connectivity index (χ0n) is 17.0. The topological polar surface area (TPSA) is 47.0 Å². The fourth-order valence-electron chi connectivity index (χ4n) is 4.09. The van der Waals surface area contributed by atoms with Crippen molar-refractivity contribution in [1.29, 1.82) is 0 Å². The lowest BCUT2D eigenvalue weighted by Gasteiger charge is -2.27. The van der Waals surface area contributed by atoms with Gasteiger partial charge in [-0.3, -0.25) is 0 Å². The summed E-state index contributed by atoms with van der Waals surface area (Å²) in [7, 11) is 1.69. The van der Waals surface area contributed by atoms with E-state index >= 15 is 0 Å². The van der Waals surface area contributed by atoms with Gasteiger partial charge in [0.2, 0.25) is 0 Å². The van der Waals surface area contributed by atoms with Crippen molar-refractivity contribution in [2.45, 2.75) is 46.1 Å². The number of fused-ring (bicyclic) bond motifs is 1. The summed E-state index contributed by atoms with van der Waals surface area (Å²) in [6.45, 7) is 6.15. The predicted molar refractivity (Wildman–Crippen MR) is 114 cm³/mol. The summed E-state index contributed by atoms with van der Waals surface area (Å²) in [5, 5.41) is 3.66. The summed E-state index contributed by atoms with van der Waals surface area (Å²) in [6.07, 6.45) is 3.48. The standard InChI is InChI=1S/C24H27N3O/c1-15-14-19(28-4)12-13-20(15)23-16(2)26-24(17(3)25-23)27-22-11-7-9-18-8-5-6-10-21(18)22/h5-6,8,10,12-14,22H,7,9,11H2,1-4H3,(H,26,27). The first-order chi connectivity index (χ1) is 13.6. The van der Waals surface area contributed by atoms with Crippen LogP contribution in [0.2, 0.25) is 0 Å². The Kier molecular flexibility index (Phi) is 5.03. The molecular formula is C24H27N3O. The second-order valence-electron chi connectivity index (χ2n) is 7.56. The molecule has 0 aliphatic heterocycles. The third-order valence-corrected chi connectivity index (χ3v) is 5.61. The van der Waals surface area contributed by atoms with Crippen LogP contribution in [0.4, 0.5) is 5.82 Å². The molecule has 1 aromatic heterocycles. The minimum absolute atomic E-state index is 0.297. The van der Waals surface area contributed by atoms with Gasteiger partial charge in [0.25, 0.3) is 0 Å². The molecule has 0 saturated carbocycles. The number of aromatic nitrogens is 2. The first-order valence-electron chi connectivity index (χ1n) is 9.91. The zero-order chi connectivity index (χ0) is 19.7. The van der Waals surface area contributed by atoms with E-state index in [1.165, 1.54) is 17.5 Å². The van der Waals surface area contributed by atoms with E-state index in [0.29, 0.717) is 6.04 Å². The molecule has 28 heavy (non-hydrogen) atoms. The molecule has 1 aliphatic rings. The van der Waals surface area contributed by atoms with Crippen molar-refractivity contribution in [2.75, 3.05) is 12.4 Å². The Morgan fingerprint density at radius 2 is 1.82 bits per heavy atom. The van der Waals surface area contributed by atoms with Gasteiger partial charge in [0.15, 0.2) is 0 Å². The summed E-state index contributed by atoms with van der Waals surface area (Å²) < 4.78 is 5.33. The van der Waals surface area contributed by atoms with E-state index < -0.39 is 0 Å². The fourth-order valence-corrected chi connectivity index (χ4v) is 4.09. The second-order valence-corrected chi connectivity index (χ2v) is 7.56. The minimum atomic E-state index is 0.297. The average Bonchev–Trinajstić information content (AvgIpc) is 2.71. The first kappa shape index (κ1) is 18.5. The van der Waals surface area contributed by atoms with Gasteiger partial charge in [-0.25, -0.2) is 9.97 Å². The van der Waals surface area contributed by atoms with Crippen molar-refractivity contribution in [3.8, 4) is 17.0 Å². The minimum Gasteiger partial charge on any atom is -0.497 e. The Labute approximate surface area is 167 Å². The smallest absolute Gasteiger partial charge is 0.148 e. The molecule has 144 valence electrons. The highest BCUT2D eigenvalue weighted by Gasteiger charge is 2.21. The number of hydrogen-bond donors (Lipinski definition) is 1. The van der Waals surface area contributed by atoms with E-state index in [0.717, 1.165) is 52.6 Å². The molecule has 0 amide bonds. The molecule has 1 atom stereocenters. The van der Waals surface area contributed by atoms with Crippen LogP contribution in [0.5, 0.6) is 5.75 Å². The van der Waals surface area contributed by atoms with Gasteiger partial charge in [0.1, 0.15) is 11.6 Å². The summed E-state index contributed by atoms with van der Waals surface area (Å²) in [5.41, 5.74) is 7.87. The molecule has 0 fully saturated rings. The molecule has 1 aliphatic carbocycles. The highest BCUT2D eigenvalue weighted by molar-refractivity contribution is 5.68. The van der Waals surface area contributed by atoms with Crippen LogP contribution in [0.1, 0.15) is 47.0 Å². The third-order valence-electron chi connectivity index (χ3n) is 5.61. The molecule has 0 radical (unpaired) electrons. The van der Waals surface area contributed by atoms with Crippen LogP contribution in [0.3, 0.4) is 0 Å². The molecular weight excluding hydrogens is 346 g/mol. The van der Waals surface area contributed by atoms with Gasteiger partial charge in [0.05, 0.1) is 30.2 Å². The van der Waals surface area contributed by atoms with E-state index in [1.807, 2.05) is 26.0 Å². The zero-order valence-corrected chi connectivity index (χ0v) is 17.0. The maximum absolute atomic E-state index is 5.33. The maximum Gasteiger partial charge on any atom is 0.148 e. The maximum atomic E-state index is 5.33. The predicted octanol–water partition coefficient (Wildman–Crippen LogP) is 5.57. The average molecular weight is 374 g/mol. The summed E-state index contributed by atoms with van der Waals surface area (Å²) in [5.74, 6) is 1.74. The molecule has 1 unspecified atom stereocenters. The number of anilines is 1. The molecule has 4 rings (SSSR count). The second kappa shape index (κ2) is 7.63. The van der Waals surface area contributed by atoms with Gasteiger partial charge in [0, 0.05) is 5.56 Å². The number of hydrogen-bond acceptors (Lipinski definition) is 4. The number of methoxy groups -OCH3 is 1. The molecule has 0 saturated heterocycles. The van der Waals surface area contributed by atoms with Gasteiger partial charge in [-0.05, 0) is 74.9 Å². The molecule has 1 N–H and O–H groups in total. The lowest BCUT2D eigenvalue weighted by atomic mass is 9.88. The molecule has 3 aromatic rings. The molecule has 4 nitrogen and oxygen atoms in total. The fraction of sp³-hybridized carbons (Fsp3) is 0.333. The molecule has 2 aromatic carbocycles. The highest BCUT2D eigenvalue weighted by atomic mass is 16.5. The van der Waals surface area contributed by atoms with Crippen LogP contribution in [0.25, 0.3) is 11.3 Å². The monoisotopic (exact) mass is 373 g/mol. The van der Waals surface area contributed by atoms with Crippen LogP contribution >= 0.6 is 0 Å². The number of aryl methyl sites for hydroxylation is 4. The van der Waals surface area contributed by atoms with Crippen LogP contribution in [-0.2, 0) is 6.42 Å². The summed E-state index contributed by atoms with van der Waals surface area (Å²) >= 11 is 0. The van der Waals surface area contributed by atoms with Crippen LogP contribution in [0.15, 0.2) is 42.5 Å². The Morgan fingerprint density at radius 1 is 1.00 bits per heavy atom. The normalized spacial score (nSPS) is 15.8. The van der Waals surface area contributed by atoms with Crippen LogP contribution < -0.4 is 10.1 Å². The van der Waals surface area contributed by atoms with E-state index in [4.69, 9.17) is 14.7 Å². The van der Waals surface area contributed by atoms with E-state index in [9.17, 15) is 0 Å². The SMILES string of the molecule is COc1ccc(-c2nc(C)c(NC3CCCc4ccccc43)nc2C)c(C)c1. The van der Waals surface area contributed by atoms with Crippen molar-refractivity contribution in [2.24, 2.45) is 0 Å². The van der Waals surface area contributed by atoms with E-state index in [1.54, 1.807) is 7.11 Å². The van der Waals surface area contributed by atoms with Crippen molar-refractivity contribution >= 4 is 5.82 Å². The summed E-state index contributed by atoms with van der Waals surface area (Å²) in [4.78, 5) is 9.81. The number of nitrogens with zero attached hydrogens (tertiary/aromatic N) is 2. The van der Waals surface area contributed by atoms with Crippen molar-refractivity contribution in [1.82, 2.24) is 9.97 Å². The third kappa shape index (κ3) is 3.47. The van der Waals surface area contributed by atoms with Crippen LogP contribution in [0, 0.1) is 20.8 Å². The molecule has 0 spiro atoms. The highest BCUT2D eigenvalue weighted by Crippen LogP contribution is 2.34. The first-order valence-corrected chi connectivity index (χ1v) is 9.91.